The molecule has 39 heavy (non-hydrogen) atoms. The maximum atomic E-state index is 10.5. The molecule has 0 aliphatic heterocycles. The van der Waals surface area contributed by atoms with Crippen molar-refractivity contribution in [1.82, 2.24) is 15.7 Å². The molecule has 0 amide bonds. The van der Waals surface area contributed by atoms with E-state index in [1.165, 1.54) is 25.7 Å². The number of carboxylic acids is 1. The Morgan fingerprint density at radius 1 is 0.872 bits per heavy atom. The quantitative estimate of drug-likeness (QED) is 0.232. The number of aliphatic hydroxyl groups is 3. The van der Waals surface area contributed by atoms with Gasteiger partial charge < -0.3 is 36.9 Å². The minimum atomic E-state index is -0.833. The Labute approximate surface area is 230 Å². The maximum Gasteiger partial charge on any atom is 0.300 e. The average Bonchev–Trinajstić information content (AvgIpc) is 3.36. The summed E-state index contributed by atoms with van der Waals surface area (Å²) in [5.41, 5.74) is 5.50. The van der Waals surface area contributed by atoms with Gasteiger partial charge in [-0.05, 0) is 99.7 Å². The van der Waals surface area contributed by atoms with Crippen LogP contribution in [-0.2, 0) is 14.4 Å². The normalized spacial score (nSPS) is 41.0. The Morgan fingerprint density at radius 2 is 1.26 bits per heavy atom. The van der Waals surface area contributed by atoms with E-state index >= 15 is 0 Å². The smallest absolute Gasteiger partial charge is 0.300 e. The summed E-state index contributed by atoms with van der Waals surface area (Å²) in [5, 5.41) is 35.1. The molecule has 8 fully saturated rings. The molecule has 8 bridgehead atoms. The fourth-order valence-corrected chi connectivity index (χ4v) is 8.91. The van der Waals surface area contributed by atoms with Crippen LogP contribution in [-0.4, -0.2) is 72.9 Å². The number of rotatable bonds is 2. The first-order chi connectivity index (χ1) is 18.0. The van der Waals surface area contributed by atoms with Crippen LogP contribution < -0.4 is 11.9 Å². The van der Waals surface area contributed by atoms with Gasteiger partial charge in [0.15, 0.2) is 12.6 Å². The van der Waals surface area contributed by atoms with Crippen molar-refractivity contribution in [1.29, 1.82) is 0 Å². The zero-order valence-corrected chi connectivity index (χ0v) is 23.3. The number of carbonyl (C=O) groups excluding carboxylic acids is 2. The van der Waals surface area contributed by atoms with Gasteiger partial charge in [0, 0.05) is 38.5 Å². The summed E-state index contributed by atoms with van der Waals surface area (Å²) in [5.74, 6) is 3.41. The van der Waals surface area contributed by atoms with Gasteiger partial charge in [-0.2, -0.15) is 0 Å². The summed E-state index contributed by atoms with van der Waals surface area (Å²) in [4.78, 5) is 30.8. The highest BCUT2D eigenvalue weighted by molar-refractivity contribution is 6.09. The van der Waals surface area contributed by atoms with E-state index in [2.05, 4.69) is 15.7 Å². The summed E-state index contributed by atoms with van der Waals surface area (Å²) < 4.78 is 2.29. The molecule has 0 radical (unpaired) electrons. The van der Waals surface area contributed by atoms with Crippen molar-refractivity contribution in [2.45, 2.75) is 94.4 Å². The van der Waals surface area contributed by atoms with E-state index in [1.54, 1.807) is 0 Å². The Bertz CT molecular complexity index is 885. The van der Waals surface area contributed by atoms with Gasteiger partial charge in [-0.1, -0.05) is 0 Å². The molecule has 4 unspecified atom stereocenters. The zero-order chi connectivity index (χ0) is 28.1. The van der Waals surface area contributed by atoms with E-state index in [0.29, 0.717) is 35.8 Å². The minimum absolute atomic E-state index is 0. The van der Waals surface area contributed by atoms with E-state index < -0.39 is 5.97 Å². The topological polar surface area (TPSA) is 211 Å². The lowest BCUT2D eigenvalue weighted by molar-refractivity contribution is -0.147. The molecule has 11 heteroatoms. The highest BCUT2D eigenvalue weighted by atomic mass is 16.4. The maximum absolute atomic E-state index is 10.5. The molecule has 222 valence electrons. The van der Waals surface area contributed by atoms with Crippen molar-refractivity contribution in [3.63, 3.8) is 0 Å². The Balaban J connectivity index is 0.000000206. The van der Waals surface area contributed by atoms with Crippen molar-refractivity contribution in [2.75, 3.05) is 7.11 Å². The van der Waals surface area contributed by atoms with Crippen LogP contribution in [0, 0.1) is 35.5 Å². The molecule has 1 heterocycles. The molecule has 11 nitrogen and oxygen atoms in total. The molecule has 0 spiro atoms. The first-order valence-electron chi connectivity index (χ1n) is 13.8. The molecule has 0 aromatic carbocycles. The SMILES string of the molecule is CC(=O)O.CO.N.NC1C2CC3CC1CC(O)(C3)C2.O=CC=O.OC12CC3CC(C1)C(n1ccnc1)C(C3)C2. The van der Waals surface area contributed by atoms with Crippen LogP contribution >= 0.6 is 0 Å². The van der Waals surface area contributed by atoms with Gasteiger partial charge >= 0.3 is 0 Å². The fourth-order valence-electron chi connectivity index (χ4n) is 8.91. The van der Waals surface area contributed by atoms with Gasteiger partial charge in [0.05, 0.1) is 17.5 Å². The standard InChI is InChI=1S/C13H18N2O.C10H17NO.C2H4O2.C2H2O2.CH4O.H3N/c16-13-5-9-3-10(6-13)12(11(4-9)7-13)15-2-1-14-8-15;11-9-7-1-6-2-8(9)5-10(12,3-6)4-7;1-2(3)4;3-1-2-4;1-2;/h1-2,8-12,16H,3-7H2;6-9,12H,1-5,11H2;1H3,(H,3,4);1-2H;2H,1H3;1H3. The van der Waals surface area contributed by atoms with Gasteiger partial charge in [-0.15, -0.1) is 0 Å². The number of carboxylic acid groups (broad SMARTS) is 1. The van der Waals surface area contributed by atoms with Crippen LogP contribution in [0.2, 0.25) is 0 Å². The third kappa shape index (κ3) is 7.94. The molecule has 9 rings (SSSR count). The predicted octanol–water partition coefficient (Wildman–Crippen LogP) is 2.13. The van der Waals surface area contributed by atoms with E-state index in [1.807, 2.05) is 12.5 Å². The molecule has 1 aromatic heterocycles. The minimum Gasteiger partial charge on any atom is -0.481 e. The first-order valence-corrected chi connectivity index (χ1v) is 13.8. The van der Waals surface area contributed by atoms with Crippen molar-refractivity contribution in [2.24, 2.45) is 41.2 Å². The van der Waals surface area contributed by atoms with E-state index in [4.69, 9.17) is 30.3 Å². The van der Waals surface area contributed by atoms with Crippen LogP contribution in [0.5, 0.6) is 0 Å². The predicted molar refractivity (Wildman–Crippen MR) is 145 cm³/mol. The number of aldehydes is 2. The monoisotopic (exact) mass is 552 g/mol. The number of hydrogen-bond donors (Lipinski definition) is 6. The molecule has 8 saturated carbocycles. The third-order valence-corrected chi connectivity index (χ3v) is 9.43. The largest absolute Gasteiger partial charge is 0.481 e. The summed E-state index contributed by atoms with van der Waals surface area (Å²) in [6.45, 7) is 1.08. The van der Waals surface area contributed by atoms with Crippen LogP contribution in [0.4, 0.5) is 0 Å². The van der Waals surface area contributed by atoms with Crippen molar-refractivity contribution in [3.8, 4) is 0 Å². The average molecular weight is 553 g/mol. The number of aromatic nitrogens is 2. The van der Waals surface area contributed by atoms with Gasteiger partial charge in [-0.3, -0.25) is 14.4 Å². The van der Waals surface area contributed by atoms with Gasteiger partial charge in [0.25, 0.3) is 5.97 Å². The molecular formula is C28H48N4O7. The number of carbonyl (C=O) groups is 3. The summed E-state index contributed by atoms with van der Waals surface area (Å²) in [7, 11) is 1.00. The number of nitrogens with zero attached hydrogens (tertiary/aromatic N) is 2. The summed E-state index contributed by atoms with van der Waals surface area (Å²) in [6.07, 6.45) is 17.7. The number of aliphatic carboxylic acids is 1. The lowest BCUT2D eigenvalue weighted by Gasteiger charge is -2.58. The molecule has 8 aliphatic carbocycles. The Hall–Kier alpha value is -2.18. The highest BCUT2D eigenvalue weighted by Gasteiger charge is 2.55. The van der Waals surface area contributed by atoms with E-state index in [9.17, 15) is 10.2 Å². The second kappa shape index (κ2) is 13.9. The van der Waals surface area contributed by atoms with Crippen LogP contribution in [0.25, 0.3) is 0 Å². The number of hydrogen-bond acceptors (Lipinski definition) is 9. The van der Waals surface area contributed by atoms with Crippen LogP contribution in [0.15, 0.2) is 18.7 Å². The van der Waals surface area contributed by atoms with Gasteiger partial charge in [0.1, 0.15) is 0 Å². The zero-order valence-electron chi connectivity index (χ0n) is 23.3. The number of imidazole rings is 1. The molecule has 4 atom stereocenters. The Kier molecular flexibility index (Phi) is 11.8. The Morgan fingerprint density at radius 3 is 1.59 bits per heavy atom. The lowest BCUT2D eigenvalue weighted by Crippen LogP contribution is -2.59. The molecular weight excluding hydrogens is 504 g/mol. The summed E-state index contributed by atoms with van der Waals surface area (Å²) in [6, 6.07) is 1.01. The van der Waals surface area contributed by atoms with E-state index in [0.717, 1.165) is 64.4 Å². The third-order valence-electron chi connectivity index (χ3n) is 9.43. The molecule has 1 aromatic rings. The highest BCUT2D eigenvalue weighted by Crippen LogP contribution is 2.59. The van der Waals surface area contributed by atoms with Gasteiger partial charge in [-0.25, -0.2) is 4.98 Å². The first kappa shape index (κ1) is 33.0. The lowest BCUT2D eigenvalue weighted by atomic mass is 9.52. The number of nitrogens with two attached hydrogens (primary N) is 1. The molecule has 8 aliphatic rings. The van der Waals surface area contributed by atoms with Gasteiger partial charge in [0.2, 0.25) is 0 Å². The van der Waals surface area contributed by atoms with Crippen LogP contribution in [0.3, 0.4) is 0 Å². The van der Waals surface area contributed by atoms with Crippen molar-refractivity contribution < 1.29 is 34.8 Å². The second-order valence-electron chi connectivity index (χ2n) is 12.3. The molecule has 0 saturated heterocycles. The van der Waals surface area contributed by atoms with Crippen molar-refractivity contribution in [3.05, 3.63) is 18.7 Å². The van der Waals surface area contributed by atoms with E-state index in [-0.39, 0.29) is 29.9 Å². The number of aliphatic hydroxyl groups excluding tert-OH is 1. The van der Waals surface area contributed by atoms with Crippen LogP contribution in [0.1, 0.15) is 77.2 Å². The summed E-state index contributed by atoms with van der Waals surface area (Å²) >= 11 is 0. The molecule has 9 N–H and O–H groups in total. The fraction of sp³-hybridized carbons (Fsp3) is 0.786. The second-order valence-corrected chi connectivity index (χ2v) is 12.3. The van der Waals surface area contributed by atoms with Crippen molar-refractivity contribution >= 4 is 18.5 Å².